The highest BCUT2D eigenvalue weighted by atomic mass is 32.2. The van der Waals surface area contributed by atoms with Crippen LogP contribution in [-0.2, 0) is 10.8 Å². The summed E-state index contributed by atoms with van der Waals surface area (Å²) in [5.74, 6) is 0. The fourth-order valence-corrected chi connectivity index (χ4v) is 2.08. The van der Waals surface area contributed by atoms with Gasteiger partial charge in [0.05, 0.1) is 10.6 Å². The molecular weight excluding hydrogens is 158 g/mol. The fourth-order valence-electron chi connectivity index (χ4n) is 1.08. The Bertz CT molecular complexity index is 357. The molecule has 0 fully saturated rings. The third kappa shape index (κ3) is 0.922. The van der Waals surface area contributed by atoms with Crippen LogP contribution in [0.4, 0.5) is 5.69 Å². The van der Waals surface area contributed by atoms with Gasteiger partial charge in [-0.3, -0.25) is 0 Å². The second-order valence-electron chi connectivity index (χ2n) is 2.37. The zero-order valence-electron chi connectivity index (χ0n) is 6.07. The van der Waals surface area contributed by atoms with Crippen molar-refractivity contribution in [3.63, 3.8) is 0 Å². The summed E-state index contributed by atoms with van der Waals surface area (Å²) in [5, 5.41) is 0.700. The number of benzene rings is 1. The molecular formula is C8H7NOS. The van der Waals surface area contributed by atoms with Crippen molar-refractivity contribution in [3.05, 3.63) is 24.3 Å². The molecule has 0 aromatic heterocycles. The van der Waals surface area contributed by atoms with Crippen molar-refractivity contribution in [2.75, 3.05) is 0 Å². The molecule has 1 aromatic rings. The number of hydrogen-bond donors (Lipinski definition) is 0. The smallest absolute Gasteiger partial charge is 0.107 e. The van der Waals surface area contributed by atoms with Gasteiger partial charge >= 0.3 is 0 Å². The normalized spacial score (nSPS) is 21.2. The van der Waals surface area contributed by atoms with Crippen LogP contribution in [0.25, 0.3) is 0 Å². The zero-order chi connectivity index (χ0) is 7.84. The average molecular weight is 165 g/mol. The molecule has 1 aliphatic heterocycles. The van der Waals surface area contributed by atoms with Crippen LogP contribution in [-0.4, -0.2) is 9.25 Å². The van der Waals surface area contributed by atoms with E-state index in [1.54, 1.807) is 6.92 Å². The Morgan fingerprint density at radius 1 is 1.36 bits per heavy atom. The first-order valence-corrected chi connectivity index (χ1v) is 4.50. The van der Waals surface area contributed by atoms with Crippen molar-refractivity contribution < 1.29 is 4.21 Å². The van der Waals surface area contributed by atoms with Gasteiger partial charge in [0.25, 0.3) is 0 Å². The largest absolute Gasteiger partial charge is 0.248 e. The van der Waals surface area contributed by atoms with Crippen LogP contribution >= 0.6 is 0 Å². The van der Waals surface area contributed by atoms with Crippen LogP contribution in [0.3, 0.4) is 0 Å². The minimum absolute atomic E-state index is 0.700. The van der Waals surface area contributed by atoms with Gasteiger partial charge in [-0.15, -0.1) is 0 Å². The molecule has 0 bridgehead atoms. The first kappa shape index (κ1) is 6.73. The van der Waals surface area contributed by atoms with E-state index in [-0.39, 0.29) is 0 Å². The number of rotatable bonds is 0. The molecule has 0 aliphatic carbocycles. The topological polar surface area (TPSA) is 29.4 Å². The van der Waals surface area contributed by atoms with E-state index in [1.807, 2.05) is 24.3 Å². The first-order valence-electron chi connectivity index (χ1n) is 3.35. The highest BCUT2D eigenvalue weighted by molar-refractivity contribution is 8.01. The van der Waals surface area contributed by atoms with Gasteiger partial charge in [-0.2, -0.15) is 0 Å². The van der Waals surface area contributed by atoms with Gasteiger partial charge < -0.3 is 0 Å². The van der Waals surface area contributed by atoms with E-state index in [2.05, 4.69) is 4.99 Å². The monoisotopic (exact) mass is 165 g/mol. The molecule has 1 atom stereocenters. The third-order valence-electron chi connectivity index (χ3n) is 1.61. The van der Waals surface area contributed by atoms with Crippen LogP contribution in [0.5, 0.6) is 0 Å². The molecule has 0 saturated heterocycles. The molecule has 11 heavy (non-hydrogen) atoms. The van der Waals surface area contributed by atoms with E-state index in [0.29, 0.717) is 5.04 Å². The van der Waals surface area contributed by atoms with E-state index in [9.17, 15) is 4.21 Å². The molecule has 1 aliphatic rings. The maximum atomic E-state index is 11.4. The summed E-state index contributed by atoms with van der Waals surface area (Å²) < 4.78 is 11.4. The Morgan fingerprint density at radius 2 is 2.09 bits per heavy atom. The molecule has 0 spiro atoms. The lowest BCUT2D eigenvalue weighted by Gasteiger charge is -1.91. The Hall–Kier alpha value is -0.960. The third-order valence-corrected chi connectivity index (χ3v) is 2.98. The van der Waals surface area contributed by atoms with Crippen molar-refractivity contribution in [1.82, 2.24) is 0 Å². The molecule has 0 N–H and O–H groups in total. The zero-order valence-corrected chi connectivity index (χ0v) is 6.89. The molecule has 2 rings (SSSR count). The van der Waals surface area contributed by atoms with Crippen LogP contribution in [0, 0.1) is 0 Å². The molecule has 2 nitrogen and oxygen atoms in total. The summed E-state index contributed by atoms with van der Waals surface area (Å²) in [6, 6.07) is 7.51. The Kier molecular flexibility index (Phi) is 1.39. The van der Waals surface area contributed by atoms with Gasteiger partial charge in [-0.25, -0.2) is 9.20 Å². The van der Waals surface area contributed by atoms with E-state index in [1.165, 1.54) is 0 Å². The highest BCUT2D eigenvalue weighted by Gasteiger charge is 2.17. The lowest BCUT2D eigenvalue weighted by atomic mass is 10.3. The minimum atomic E-state index is -0.993. The number of nitrogens with zero attached hydrogens (tertiary/aromatic N) is 1. The maximum absolute atomic E-state index is 11.4. The summed E-state index contributed by atoms with van der Waals surface area (Å²) in [6.45, 7) is 1.79. The van der Waals surface area contributed by atoms with Crippen LogP contribution in [0.15, 0.2) is 34.2 Å². The van der Waals surface area contributed by atoms with E-state index >= 15 is 0 Å². The van der Waals surface area contributed by atoms with E-state index in [4.69, 9.17) is 0 Å². The highest BCUT2D eigenvalue weighted by Crippen LogP contribution is 2.29. The molecule has 56 valence electrons. The standard InChI is InChI=1S/C8H7NOS/c1-6-9-7-4-2-3-5-8(7)11(6)10/h2-5H,1H3. The average Bonchev–Trinajstić information content (AvgIpc) is 2.30. The van der Waals surface area contributed by atoms with Gasteiger partial charge in [-0.1, -0.05) is 12.1 Å². The van der Waals surface area contributed by atoms with E-state index in [0.717, 1.165) is 10.6 Å². The van der Waals surface area contributed by atoms with Gasteiger partial charge in [0.15, 0.2) is 0 Å². The van der Waals surface area contributed by atoms with Crippen LogP contribution in [0.1, 0.15) is 6.92 Å². The molecule has 0 radical (unpaired) electrons. The molecule has 1 unspecified atom stereocenters. The van der Waals surface area contributed by atoms with Crippen LogP contribution < -0.4 is 0 Å². The summed E-state index contributed by atoms with van der Waals surface area (Å²) in [7, 11) is -0.993. The second kappa shape index (κ2) is 2.27. The number of para-hydroxylation sites is 1. The molecule has 0 amide bonds. The maximum Gasteiger partial charge on any atom is 0.107 e. The van der Waals surface area contributed by atoms with Crippen molar-refractivity contribution in [3.8, 4) is 0 Å². The Morgan fingerprint density at radius 3 is 2.82 bits per heavy atom. The van der Waals surface area contributed by atoms with Gasteiger partial charge in [0.1, 0.15) is 15.8 Å². The summed E-state index contributed by atoms with van der Waals surface area (Å²) in [6.07, 6.45) is 0. The van der Waals surface area contributed by atoms with Crippen LogP contribution in [0.2, 0.25) is 0 Å². The fraction of sp³-hybridized carbons (Fsp3) is 0.125. The Labute approximate surface area is 67.4 Å². The summed E-state index contributed by atoms with van der Waals surface area (Å²) >= 11 is 0. The number of fused-ring (bicyclic) bond motifs is 1. The number of hydrogen-bond acceptors (Lipinski definition) is 2. The Balaban J connectivity index is 2.67. The van der Waals surface area contributed by atoms with Gasteiger partial charge in [0, 0.05) is 0 Å². The molecule has 1 heterocycles. The minimum Gasteiger partial charge on any atom is -0.248 e. The first-order chi connectivity index (χ1) is 5.29. The van der Waals surface area contributed by atoms with Gasteiger partial charge in [0.2, 0.25) is 0 Å². The molecule has 3 heteroatoms. The lowest BCUT2D eigenvalue weighted by Crippen LogP contribution is -1.95. The predicted octanol–water partition coefficient (Wildman–Crippen LogP) is 1.86. The molecule has 1 aromatic carbocycles. The van der Waals surface area contributed by atoms with E-state index < -0.39 is 10.8 Å². The lowest BCUT2D eigenvalue weighted by molar-refractivity contribution is 0.690. The SMILES string of the molecule is CC1=Nc2ccccc2S1=O. The predicted molar refractivity (Wildman–Crippen MR) is 45.6 cm³/mol. The summed E-state index contributed by atoms with van der Waals surface area (Å²) in [4.78, 5) is 4.99. The van der Waals surface area contributed by atoms with Crippen molar-refractivity contribution in [2.24, 2.45) is 4.99 Å². The summed E-state index contributed by atoms with van der Waals surface area (Å²) in [5.41, 5.74) is 0.850. The van der Waals surface area contributed by atoms with Crippen molar-refractivity contribution >= 4 is 21.5 Å². The second-order valence-corrected chi connectivity index (χ2v) is 3.94. The van der Waals surface area contributed by atoms with Crippen molar-refractivity contribution in [2.45, 2.75) is 11.8 Å². The quantitative estimate of drug-likeness (QED) is 0.577. The van der Waals surface area contributed by atoms with Gasteiger partial charge in [-0.05, 0) is 19.1 Å². The van der Waals surface area contributed by atoms with Crippen molar-refractivity contribution in [1.29, 1.82) is 0 Å². The molecule has 0 saturated carbocycles. The number of aliphatic imine (C=N–C) groups is 1.